The van der Waals surface area contributed by atoms with Gasteiger partial charge in [0.2, 0.25) is 5.95 Å². The summed E-state index contributed by atoms with van der Waals surface area (Å²) in [5.74, 6) is 2.46. The molecule has 3 aromatic heterocycles. The Labute approximate surface area is 178 Å². The molecule has 1 aromatic carbocycles. The molecule has 4 aromatic rings. The van der Waals surface area contributed by atoms with E-state index in [1.807, 2.05) is 12.3 Å². The highest BCUT2D eigenvalue weighted by Crippen LogP contribution is 2.37. The molecule has 3 aliphatic heterocycles. The van der Waals surface area contributed by atoms with E-state index in [4.69, 9.17) is 24.4 Å². The first-order chi connectivity index (χ1) is 15.3. The van der Waals surface area contributed by atoms with Crippen LogP contribution >= 0.6 is 0 Å². The summed E-state index contributed by atoms with van der Waals surface area (Å²) in [6.45, 7) is 4.59. The summed E-state index contributed by atoms with van der Waals surface area (Å²) in [7, 11) is 0. The lowest BCUT2D eigenvalue weighted by Crippen LogP contribution is -2.40. The van der Waals surface area contributed by atoms with Crippen molar-refractivity contribution in [3.05, 3.63) is 30.5 Å². The zero-order valence-electron chi connectivity index (χ0n) is 17.0. The van der Waals surface area contributed by atoms with E-state index >= 15 is 0 Å². The van der Waals surface area contributed by atoms with Gasteiger partial charge in [0.25, 0.3) is 0 Å². The van der Waals surface area contributed by atoms with E-state index in [1.54, 1.807) is 0 Å². The number of hydrogen-bond acceptors (Lipinski definition) is 7. The molecular formula is C22H23N7O2. The van der Waals surface area contributed by atoms with Crippen molar-refractivity contribution in [2.45, 2.75) is 18.6 Å². The minimum absolute atomic E-state index is 0.286. The molecule has 0 saturated carbocycles. The maximum absolute atomic E-state index is 5.83. The molecule has 9 heteroatoms. The number of nitrogens with zero attached hydrogens (tertiary/aromatic N) is 5. The van der Waals surface area contributed by atoms with Gasteiger partial charge >= 0.3 is 0 Å². The summed E-state index contributed by atoms with van der Waals surface area (Å²) in [6, 6.07) is 8.65. The predicted molar refractivity (Wildman–Crippen MR) is 117 cm³/mol. The van der Waals surface area contributed by atoms with Gasteiger partial charge in [-0.2, -0.15) is 9.97 Å². The highest BCUT2D eigenvalue weighted by atomic mass is 16.5. The van der Waals surface area contributed by atoms with Crippen LogP contribution in [0.25, 0.3) is 33.5 Å². The lowest BCUT2D eigenvalue weighted by atomic mass is 10.1. The zero-order chi connectivity index (χ0) is 20.4. The summed E-state index contributed by atoms with van der Waals surface area (Å²) in [4.78, 5) is 26.2. The molecule has 9 nitrogen and oxygen atoms in total. The third-order valence-corrected chi connectivity index (χ3v) is 6.63. The Morgan fingerprint density at radius 1 is 1.06 bits per heavy atom. The molecule has 0 radical (unpaired) electrons. The maximum atomic E-state index is 5.83. The van der Waals surface area contributed by atoms with Gasteiger partial charge < -0.3 is 29.2 Å². The van der Waals surface area contributed by atoms with Crippen LogP contribution in [0.5, 0.6) is 0 Å². The van der Waals surface area contributed by atoms with Gasteiger partial charge in [0.05, 0.1) is 32.0 Å². The number of hydrogen-bond donors (Lipinski definition) is 2. The summed E-state index contributed by atoms with van der Waals surface area (Å²) in [5.41, 5.74) is 3.75. The fourth-order valence-electron chi connectivity index (χ4n) is 5.06. The van der Waals surface area contributed by atoms with E-state index in [0.717, 1.165) is 77.9 Å². The number of ether oxygens (including phenoxy) is 2. The Hall–Kier alpha value is -3.17. The Morgan fingerprint density at radius 3 is 2.84 bits per heavy atom. The highest BCUT2D eigenvalue weighted by Gasteiger charge is 2.41. The molecule has 2 N–H and O–H groups in total. The van der Waals surface area contributed by atoms with Crippen LogP contribution in [0.2, 0.25) is 0 Å². The van der Waals surface area contributed by atoms with Crippen LogP contribution in [0.4, 0.5) is 11.8 Å². The number of nitrogens with one attached hydrogen (secondary N) is 2. The second-order valence-electron chi connectivity index (χ2n) is 8.47. The van der Waals surface area contributed by atoms with Crippen LogP contribution in [0.1, 0.15) is 6.42 Å². The van der Waals surface area contributed by atoms with E-state index in [2.05, 4.69) is 38.0 Å². The van der Waals surface area contributed by atoms with Gasteiger partial charge in [-0.3, -0.25) is 0 Å². The highest BCUT2D eigenvalue weighted by molar-refractivity contribution is 5.96. The lowest BCUT2D eigenvalue weighted by molar-refractivity contribution is 0.0989. The number of morpholine rings is 2. The fraction of sp³-hybridized carbons (Fsp3) is 0.409. The molecule has 3 aliphatic rings. The quantitative estimate of drug-likeness (QED) is 0.528. The molecule has 0 spiro atoms. The second-order valence-corrected chi connectivity index (χ2v) is 8.47. The number of benzene rings is 1. The van der Waals surface area contributed by atoms with Crippen LogP contribution in [0.3, 0.4) is 0 Å². The van der Waals surface area contributed by atoms with Gasteiger partial charge in [0, 0.05) is 42.3 Å². The predicted octanol–water partition coefficient (Wildman–Crippen LogP) is 2.32. The van der Waals surface area contributed by atoms with E-state index in [1.165, 1.54) is 0 Å². The van der Waals surface area contributed by atoms with E-state index in [-0.39, 0.29) is 6.10 Å². The van der Waals surface area contributed by atoms with E-state index in [9.17, 15) is 0 Å². The van der Waals surface area contributed by atoms with E-state index in [0.29, 0.717) is 19.3 Å². The molecule has 31 heavy (non-hydrogen) atoms. The number of anilines is 2. The van der Waals surface area contributed by atoms with Crippen molar-refractivity contribution in [2.24, 2.45) is 0 Å². The summed E-state index contributed by atoms with van der Waals surface area (Å²) in [5, 5.41) is 1.14. The molecule has 0 amide bonds. The molecule has 0 aliphatic carbocycles. The SMILES string of the molecule is c1cc(-c2nc3c(N4C[C@@H]5C[C@H]4CO5)nc(N4CCOCC4)nc3[nH]2)c2cc[nH]c2c1. The van der Waals surface area contributed by atoms with Gasteiger partial charge in [-0.25, -0.2) is 4.98 Å². The molecule has 2 atom stereocenters. The minimum atomic E-state index is 0.286. The largest absolute Gasteiger partial charge is 0.378 e. The summed E-state index contributed by atoms with van der Waals surface area (Å²) in [6.07, 6.45) is 3.30. The number of fused-ring (bicyclic) bond motifs is 4. The summed E-state index contributed by atoms with van der Waals surface area (Å²) >= 11 is 0. The monoisotopic (exact) mass is 417 g/mol. The molecule has 6 heterocycles. The van der Waals surface area contributed by atoms with Crippen LogP contribution in [0.15, 0.2) is 30.5 Å². The van der Waals surface area contributed by atoms with Gasteiger partial charge in [0.1, 0.15) is 5.82 Å². The van der Waals surface area contributed by atoms with Gasteiger partial charge in [-0.15, -0.1) is 0 Å². The van der Waals surface area contributed by atoms with Gasteiger partial charge in [-0.05, 0) is 18.6 Å². The molecule has 7 rings (SSSR count). The first kappa shape index (κ1) is 17.5. The van der Waals surface area contributed by atoms with Crippen molar-refractivity contribution in [2.75, 3.05) is 49.3 Å². The molecule has 2 bridgehead atoms. The number of aromatic nitrogens is 5. The fourth-order valence-corrected chi connectivity index (χ4v) is 5.06. The topological polar surface area (TPSA) is 95.2 Å². The Bertz CT molecular complexity index is 1280. The maximum Gasteiger partial charge on any atom is 0.229 e. The van der Waals surface area contributed by atoms with Crippen molar-refractivity contribution in [3.8, 4) is 11.4 Å². The Morgan fingerprint density at radius 2 is 2.00 bits per heavy atom. The number of imidazole rings is 1. The third-order valence-electron chi connectivity index (χ3n) is 6.63. The standard InChI is InChI=1S/C22H23N7O2/c1-2-16(15-4-5-23-17(15)3-1)19-24-18-20(25-19)26-22(28-6-8-30-9-7-28)27-21(18)29-11-14-10-13(29)12-31-14/h1-5,13-14,23H,6-12H2,(H,24,25,26,27)/t13-,14-/m0/s1. The van der Waals surface area contributed by atoms with Crippen molar-refractivity contribution in [1.82, 2.24) is 24.9 Å². The zero-order valence-corrected chi connectivity index (χ0v) is 17.0. The Balaban J connectivity index is 1.40. The number of rotatable bonds is 3. The second kappa shape index (κ2) is 6.66. The van der Waals surface area contributed by atoms with Gasteiger partial charge in [0.15, 0.2) is 17.0 Å². The first-order valence-corrected chi connectivity index (χ1v) is 10.9. The molecular weight excluding hydrogens is 394 g/mol. The van der Waals surface area contributed by atoms with Crippen LogP contribution < -0.4 is 9.80 Å². The van der Waals surface area contributed by atoms with E-state index < -0.39 is 0 Å². The molecule has 0 unspecified atom stereocenters. The summed E-state index contributed by atoms with van der Waals surface area (Å²) < 4.78 is 11.4. The average molecular weight is 417 g/mol. The smallest absolute Gasteiger partial charge is 0.229 e. The number of aromatic amines is 2. The van der Waals surface area contributed by atoms with Crippen LogP contribution in [0, 0.1) is 0 Å². The first-order valence-electron chi connectivity index (χ1n) is 10.9. The molecule has 3 saturated heterocycles. The van der Waals surface area contributed by atoms with Crippen molar-refractivity contribution in [1.29, 1.82) is 0 Å². The average Bonchev–Trinajstić information content (AvgIpc) is 3.61. The minimum Gasteiger partial charge on any atom is -0.378 e. The third kappa shape index (κ3) is 2.73. The van der Waals surface area contributed by atoms with Crippen LogP contribution in [-0.2, 0) is 9.47 Å². The van der Waals surface area contributed by atoms with Crippen molar-refractivity contribution in [3.63, 3.8) is 0 Å². The van der Waals surface area contributed by atoms with Crippen molar-refractivity contribution >= 4 is 33.8 Å². The molecule has 3 fully saturated rings. The van der Waals surface area contributed by atoms with Crippen LogP contribution in [-0.4, -0.2) is 76.5 Å². The number of H-pyrrole nitrogens is 2. The normalized spacial score (nSPS) is 23.5. The molecule has 158 valence electrons. The Kier molecular flexibility index (Phi) is 3.76. The van der Waals surface area contributed by atoms with Gasteiger partial charge in [-0.1, -0.05) is 12.1 Å². The van der Waals surface area contributed by atoms with Crippen molar-refractivity contribution < 1.29 is 9.47 Å². The lowest BCUT2D eigenvalue weighted by Gasteiger charge is -2.30.